The highest BCUT2D eigenvalue weighted by Gasteiger charge is 1.91. The first kappa shape index (κ1) is 12.6. The lowest BCUT2D eigenvalue weighted by Crippen LogP contribution is -1.84. The van der Waals surface area contributed by atoms with Crippen molar-refractivity contribution in [1.82, 2.24) is 0 Å². The van der Waals surface area contributed by atoms with Gasteiger partial charge in [0.05, 0.1) is 0 Å². The van der Waals surface area contributed by atoms with Gasteiger partial charge in [0.2, 0.25) is 0 Å². The van der Waals surface area contributed by atoms with Gasteiger partial charge in [-0.2, -0.15) is 0 Å². The molecule has 1 aromatic rings. The fraction of sp³-hybridized carbons (Fsp3) is 0.214. The van der Waals surface area contributed by atoms with E-state index >= 15 is 0 Å². The Bertz CT molecular complexity index is 420. The molecular formula is C14H14OS. The van der Waals surface area contributed by atoms with Crippen LogP contribution in [-0.4, -0.2) is 10.9 Å². The van der Waals surface area contributed by atoms with E-state index in [1.807, 2.05) is 24.3 Å². The zero-order chi connectivity index (χ0) is 11.8. The first-order valence-corrected chi connectivity index (χ1v) is 6.05. The zero-order valence-corrected chi connectivity index (χ0v) is 10.1. The van der Waals surface area contributed by atoms with Gasteiger partial charge in [-0.1, -0.05) is 48.4 Å². The van der Waals surface area contributed by atoms with Gasteiger partial charge in [-0.3, -0.25) is 4.79 Å². The molecule has 0 bridgehead atoms. The maximum atomic E-state index is 10.7. The van der Waals surface area contributed by atoms with Gasteiger partial charge in [0.25, 0.3) is 0 Å². The molecule has 0 fully saturated rings. The second-order valence-corrected chi connectivity index (χ2v) is 4.49. The molecule has 1 nitrogen and oxygen atoms in total. The molecule has 0 atom stereocenters. The summed E-state index contributed by atoms with van der Waals surface area (Å²) in [6.45, 7) is 5.27. The highest BCUT2D eigenvalue weighted by Crippen LogP contribution is 2.05. The van der Waals surface area contributed by atoms with Crippen molar-refractivity contribution in [2.45, 2.75) is 13.3 Å². The molecule has 0 aromatic heterocycles. The van der Waals surface area contributed by atoms with Gasteiger partial charge >= 0.3 is 0 Å². The molecule has 0 saturated heterocycles. The minimum atomic E-state index is 0.150. The summed E-state index contributed by atoms with van der Waals surface area (Å²) in [5.74, 6) is 6.88. The highest BCUT2D eigenvalue weighted by atomic mass is 32.2. The number of hydrogen-bond acceptors (Lipinski definition) is 2. The Balaban J connectivity index is 2.43. The van der Waals surface area contributed by atoms with E-state index in [1.165, 1.54) is 11.8 Å². The Morgan fingerprint density at radius 2 is 2.12 bits per heavy atom. The third-order valence-corrected chi connectivity index (χ3v) is 2.73. The number of carbonyl (C=O) groups is 1. The van der Waals surface area contributed by atoms with Crippen molar-refractivity contribution in [1.29, 1.82) is 0 Å². The summed E-state index contributed by atoms with van der Waals surface area (Å²) in [4.78, 5) is 10.7. The minimum Gasteiger partial charge on any atom is -0.288 e. The molecule has 0 N–H and O–H groups in total. The van der Waals surface area contributed by atoms with Crippen LogP contribution in [0.4, 0.5) is 0 Å². The van der Waals surface area contributed by atoms with Crippen LogP contribution in [0.2, 0.25) is 0 Å². The highest BCUT2D eigenvalue weighted by molar-refractivity contribution is 8.13. The van der Waals surface area contributed by atoms with E-state index in [0.717, 1.165) is 23.3 Å². The van der Waals surface area contributed by atoms with Crippen LogP contribution in [0.5, 0.6) is 0 Å². The fourth-order valence-electron chi connectivity index (χ4n) is 1.11. The van der Waals surface area contributed by atoms with E-state index < -0.39 is 0 Å². The van der Waals surface area contributed by atoms with E-state index in [-0.39, 0.29) is 5.12 Å². The first-order chi connectivity index (χ1) is 7.72. The van der Waals surface area contributed by atoms with E-state index in [1.54, 1.807) is 13.0 Å². The molecule has 0 saturated carbocycles. The Hall–Kier alpha value is -1.46. The third-order valence-electron chi connectivity index (χ3n) is 1.91. The molecular weight excluding hydrogens is 216 g/mol. The Morgan fingerprint density at radius 1 is 1.44 bits per heavy atom. The summed E-state index contributed by atoms with van der Waals surface area (Å²) in [6, 6.07) is 7.92. The van der Waals surface area contributed by atoms with Crippen LogP contribution >= 0.6 is 11.8 Å². The molecule has 0 radical (unpaired) electrons. The molecule has 1 rings (SSSR count). The van der Waals surface area contributed by atoms with Crippen LogP contribution < -0.4 is 0 Å². The van der Waals surface area contributed by atoms with Crippen molar-refractivity contribution in [3.63, 3.8) is 0 Å². The monoisotopic (exact) mass is 230 g/mol. The van der Waals surface area contributed by atoms with Crippen LogP contribution in [0, 0.1) is 11.8 Å². The SMILES string of the molecule is C=Cc1ccc(C#CCCSC(C)=O)cc1. The molecule has 16 heavy (non-hydrogen) atoms. The van der Waals surface area contributed by atoms with Crippen molar-refractivity contribution < 1.29 is 4.79 Å². The van der Waals surface area contributed by atoms with Crippen LogP contribution in [-0.2, 0) is 4.79 Å². The second kappa shape index (κ2) is 6.92. The summed E-state index contributed by atoms with van der Waals surface area (Å²) in [6.07, 6.45) is 2.55. The van der Waals surface area contributed by atoms with Crippen molar-refractivity contribution >= 4 is 23.0 Å². The molecule has 2 heteroatoms. The standard InChI is InChI=1S/C14H14OS/c1-3-13-7-9-14(10-8-13)6-4-5-11-16-12(2)15/h3,7-10H,1,5,11H2,2H3. The fourth-order valence-corrected chi connectivity index (χ4v) is 1.60. The number of carbonyl (C=O) groups excluding carboxylic acids is 1. The lowest BCUT2D eigenvalue weighted by Gasteiger charge is -1.92. The minimum absolute atomic E-state index is 0.150. The summed E-state index contributed by atoms with van der Waals surface area (Å²) < 4.78 is 0. The van der Waals surface area contributed by atoms with Crippen molar-refractivity contribution in [2.24, 2.45) is 0 Å². The normalized spacial score (nSPS) is 9.06. The van der Waals surface area contributed by atoms with Gasteiger partial charge in [-0.15, -0.1) is 0 Å². The van der Waals surface area contributed by atoms with Crippen LogP contribution in [0.25, 0.3) is 6.08 Å². The van der Waals surface area contributed by atoms with E-state index in [0.29, 0.717) is 0 Å². The summed E-state index contributed by atoms with van der Waals surface area (Å²) >= 11 is 1.32. The number of rotatable bonds is 3. The number of thioether (sulfide) groups is 1. The summed E-state index contributed by atoms with van der Waals surface area (Å²) in [5, 5.41) is 0.150. The van der Waals surface area contributed by atoms with Crippen LogP contribution in [0.1, 0.15) is 24.5 Å². The topological polar surface area (TPSA) is 17.1 Å². The van der Waals surface area contributed by atoms with Gasteiger partial charge < -0.3 is 0 Å². The molecule has 0 aliphatic rings. The van der Waals surface area contributed by atoms with Crippen molar-refractivity contribution in [3.8, 4) is 11.8 Å². The molecule has 0 aliphatic heterocycles. The molecule has 0 heterocycles. The predicted molar refractivity (Wildman–Crippen MR) is 71.2 cm³/mol. The number of benzene rings is 1. The molecule has 0 unspecified atom stereocenters. The average Bonchev–Trinajstić information content (AvgIpc) is 2.29. The van der Waals surface area contributed by atoms with E-state index in [4.69, 9.17) is 0 Å². The average molecular weight is 230 g/mol. The summed E-state index contributed by atoms with van der Waals surface area (Å²) in [5.41, 5.74) is 2.09. The van der Waals surface area contributed by atoms with E-state index in [2.05, 4.69) is 18.4 Å². The van der Waals surface area contributed by atoms with Crippen LogP contribution in [0.3, 0.4) is 0 Å². The smallest absolute Gasteiger partial charge is 0.185 e. The van der Waals surface area contributed by atoms with Crippen molar-refractivity contribution in [3.05, 3.63) is 42.0 Å². The maximum absolute atomic E-state index is 10.7. The van der Waals surface area contributed by atoms with E-state index in [9.17, 15) is 4.79 Å². The second-order valence-electron chi connectivity index (χ2n) is 3.22. The third kappa shape index (κ3) is 4.86. The predicted octanol–water partition coefficient (Wildman–Crippen LogP) is 3.35. The summed E-state index contributed by atoms with van der Waals surface area (Å²) in [7, 11) is 0. The van der Waals surface area contributed by atoms with Crippen molar-refractivity contribution in [2.75, 3.05) is 5.75 Å². The largest absolute Gasteiger partial charge is 0.288 e. The molecule has 0 spiro atoms. The van der Waals surface area contributed by atoms with Gasteiger partial charge in [-0.05, 0) is 17.7 Å². The molecule has 1 aromatic carbocycles. The lowest BCUT2D eigenvalue weighted by atomic mass is 10.1. The quantitative estimate of drug-likeness (QED) is 0.585. The van der Waals surface area contributed by atoms with Gasteiger partial charge in [0.1, 0.15) is 0 Å². The number of hydrogen-bond donors (Lipinski definition) is 0. The Kier molecular flexibility index (Phi) is 5.45. The van der Waals surface area contributed by atoms with Gasteiger partial charge in [0, 0.05) is 24.7 Å². The van der Waals surface area contributed by atoms with Gasteiger partial charge in [0.15, 0.2) is 5.12 Å². The lowest BCUT2D eigenvalue weighted by molar-refractivity contribution is -0.109. The molecule has 0 amide bonds. The molecule has 82 valence electrons. The van der Waals surface area contributed by atoms with Crippen LogP contribution in [0.15, 0.2) is 30.8 Å². The molecule has 0 aliphatic carbocycles. The first-order valence-electron chi connectivity index (χ1n) is 5.07. The Labute approximate surface area is 101 Å². The maximum Gasteiger partial charge on any atom is 0.185 e. The van der Waals surface area contributed by atoms with Gasteiger partial charge in [-0.25, -0.2) is 0 Å². The Morgan fingerprint density at radius 3 is 2.69 bits per heavy atom. The zero-order valence-electron chi connectivity index (χ0n) is 9.32.